The number of carbonyl (C=O) groups is 1. The van der Waals surface area contributed by atoms with Gasteiger partial charge in [0.2, 0.25) is 5.91 Å². The number of rotatable bonds is 6. The fraction of sp³-hybridized carbons (Fsp3) is 0.417. The molecular formula is C24H21F5N2O4S. The Bertz CT molecular complexity index is 1350. The summed E-state index contributed by atoms with van der Waals surface area (Å²) < 4.78 is 101. The maximum absolute atomic E-state index is 14.2. The molecule has 2 aromatic rings. The molecule has 0 saturated heterocycles. The molecule has 36 heavy (non-hydrogen) atoms. The number of hydrogen-bond acceptors (Lipinski definition) is 5. The van der Waals surface area contributed by atoms with Crippen LogP contribution in [0.5, 0.6) is 0 Å². The summed E-state index contributed by atoms with van der Waals surface area (Å²) in [5.74, 6) is -3.57. The van der Waals surface area contributed by atoms with Gasteiger partial charge in [-0.25, -0.2) is 17.2 Å². The first-order valence-electron chi connectivity index (χ1n) is 11.0. The average Bonchev–Trinajstić information content (AvgIpc) is 3.43. The minimum atomic E-state index is -5.10. The van der Waals surface area contributed by atoms with Crippen molar-refractivity contribution in [2.75, 3.05) is 7.11 Å². The van der Waals surface area contributed by atoms with E-state index in [1.165, 1.54) is 7.11 Å². The summed E-state index contributed by atoms with van der Waals surface area (Å²) in [7, 11) is -3.34. The Labute approximate surface area is 204 Å². The van der Waals surface area contributed by atoms with Gasteiger partial charge in [0.25, 0.3) is 0 Å². The highest BCUT2D eigenvalue weighted by Gasteiger charge is 2.51. The van der Waals surface area contributed by atoms with Gasteiger partial charge in [0.15, 0.2) is 9.84 Å². The molecule has 4 rings (SSSR count). The van der Waals surface area contributed by atoms with Crippen molar-refractivity contribution in [2.45, 2.75) is 53.6 Å². The van der Waals surface area contributed by atoms with Crippen molar-refractivity contribution < 1.29 is 39.9 Å². The summed E-state index contributed by atoms with van der Waals surface area (Å²) in [5, 5.41) is 10.4. The fourth-order valence-electron chi connectivity index (χ4n) is 4.53. The minimum Gasteiger partial charge on any atom is -0.381 e. The highest BCUT2D eigenvalue weighted by Crippen LogP contribution is 2.43. The number of nitriles is 1. The van der Waals surface area contributed by atoms with E-state index in [4.69, 9.17) is 4.74 Å². The standard InChI is InChI=1S/C24H21F5N2O4S/c1-35-20-11-15(10-17(20)22(32)31-23(12-30)6-7-23)36(33,34)21-5-2-13(8-18(21)24(27,28)29)16-4-3-14(25)9-19(16)26/h2-5,8-9,15,17,20H,6-7,10-11H2,1H3,(H,31,32)/t15?,17-,20-/m0/s1. The number of sulfone groups is 1. The van der Waals surface area contributed by atoms with E-state index < -0.39 is 66.8 Å². The van der Waals surface area contributed by atoms with Gasteiger partial charge < -0.3 is 10.1 Å². The van der Waals surface area contributed by atoms with Crippen LogP contribution in [0.3, 0.4) is 0 Å². The van der Waals surface area contributed by atoms with E-state index in [1.54, 1.807) is 0 Å². The van der Waals surface area contributed by atoms with Crippen LogP contribution in [-0.4, -0.2) is 38.3 Å². The lowest BCUT2D eigenvalue weighted by Crippen LogP contribution is -2.42. The summed E-state index contributed by atoms with van der Waals surface area (Å²) in [4.78, 5) is 11.7. The molecule has 12 heteroatoms. The SMILES string of the molecule is CO[C@H]1CC(S(=O)(=O)c2ccc(-c3ccc(F)cc3F)cc2C(F)(F)F)C[C@@H]1C(=O)NC1(C#N)CC1. The zero-order chi connectivity index (χ0) is 26.5. The third-order valence-electron chi connectivity index (χ3n) is 6.70. The number of benzene rings is 2. The van der Waals surface area contributed by atoms with Crippen LogP contribution in [0.15, 0.2) is 41.3 Å². The van der Waals surface area contributed by atoms with E-state index in [1.807, 2.05) is 6.07 Å². The molecule has 0 aromatic heterocycles. The number of hydrogen-bond donors (Lipinski definition) is 1. The van der Waals surface area contributed by atoms with Crippen molar-refractivity contribution in [3.63, 3.8) is 0 Å². The van der Waals surface area contributed by atoms with E-state index in [0.717, 1.165) is 24.3 Å². The van der Waals surface area contributed by atoms with Gasteiger partial charge in [0, 0.05) is 18.7 Å². The van der Waals surface area contributed by atoms with Gasteiger partial charge in [0.1, 0.15) is 17.2 Å². The average molecular weight is 528 g/mol. The Hall–Kier alpha value is -3.04. The summed E-state index contributed by atoms with van der Waals surface area (Å²) in [5.41, 5.74) is -3.09. The molecule has 1 unspecified atom stereocenters. The maximum Gasteiger partial charge on any atom is 0.417 e. The Balaban J connectivity index is 1.68. The summed E-state index contributed by atoms with van der Waals surface area (Å²) >= 11 is 0. The molecule has 0 spiro atoms. The van der Waals surface area contributed by atoms with E-state index in [0.29, 0.717) is 25.0 Å². The van der Waals surface area contributed by atoms with E-state index in [-0.39, 0.29) is 24.0 Å². The maximum atomic E-state index is 14.2. The Morgan fingerprint density at radius 2 is 1.83 bits per heavy atom. The van der Waals surface area contributed by atoms with Crippen LogP contribution in [0.4, 0.5) is 22.0 Å². The lowest BCUT2D eigenvalue weighted by Gasteiger charge is -2.19. The summed E-state index contributed by atoms with van der Waals surface area (Å²) in [6.45, 7) is 0. The molecule has 6 nitrogen and oxygen atoms in total. The zero-order valence-electron chi connectivity index (χ0n) is 18.9. The smallest absolute Gasteiger partial charge is 0.381 e. The number of nitrogens with zero attached hydrogens (tertiary/aromatic N) is 1. The van der Waals surface area contributed by atoms with Gasteiger partial charge in [-0.15, -0.1) is 0 Å². The van der Waals surface area contributed by atoms with Crippen molar-refractivity contribution in [3.8, 4) is 17.2 Å². The number of methoxy groups -OCH3 is 1. The number of ether oxygens (including phenoxy) is 1. The predicted molar refractivity (Wildman–Crippen MR) is 117 cm³/mol. The first-order chi connectivity index (χ1) is 16.8. The molecule has 2 aliphatic rings. The van der Waals surface area contributed by atoms with Crippen LogP contribution < -0.4 is 5.32 Å². The molecular weight excluding hydrogens is 507 g/mol. The highest BCUT2D eigenvalue weighted by molar-refractivity contribution is 7.92. The number of amides is 1. The van der Waals surface area contributed by atoms with Crippen LogP contribution >= 0.6 is 0 Å². The molecule has 2 saturated carbocycles. The monoisotopic (exact) mass is 528 g/mol. The van der Waals surface area contributed by atoms with Crippen molar-refractivity contribution >= 4 is 15.7 Å². The largest absolute Gasteiger partial charge is 0.417 e. The second kappa shape index (κ2) is 9.12. The van der Waals surface area contributed by atoms with Crippen LogP contribution in [0.25, 0.3) is 11.1 Å². The van der Waals surface area contributed by atoms with Gasteiger partial charge in [0.05, 0.1) is 33.8 Å². The van der Waals surface area contributed by atoms with E-state index >= 15 is 0 Å². The predicted octanol–water partition coefficient (Wildman–Crippen LogP) is 4.39. The first-order valence-corrected chi connectivity index (χ1v) is 12.5. The van der Waals surface area contributed by atoms with Crippen LogP contribution in [0, 0.1) is 28.9 Å². The Morgan fingerprint density at radius 1 is 1.14 bits per heavy atom. The third kappa shape index (κ3) is 4.82. The molecule has 0 heterocycles. The van der Waals surface area contributed by atoms with Gasteiger partial charge in [-0.1, -0.05) is 6.07 Å². The molecule has 1 N–H and O–H groups in total. The molecule has 0 aliphatic heterocycles. The van der Waals surface area contributed by atoms with Crippen molar-refractivity contribution in [3.05, 3.63) is 53.6 Å². The van der Waals surface area contributed by atoms with E-state index in [9.17, 15) is 40.4 Å². The van der Waals surface area contributed by atoms with Gasteiger partial charge in [-0.2, -0.15) is 18.4 Å². The lowest BCUT2D eigenvalue weighted by molar-refractivity contribution is -0.139. The van der Waals surface area contributed by atoms with Crippen molar-refractivity contribution in [1.82, 2.24) is 5.32 Å². The van der Waals surface area contributed by atoms with Crippen LogP contribution in [0.1, 0.15) is 31.2 Å². The third-order valence-corrected chi connectivity index (χ3v) is 8.93. The summed E-state index contributed by atoms with van der Waals surface area (Å²) in [6.07, 6.45) is -5.58. The van der Waals surface area contributed by atoms with Gasteiger partial charge >= 0.3 is 6.18 Å². The molecule has 2 aliphatic carbocycles. The molecule has 2 aromatic carbocycles. The topological polar surface area (TPSA) is 96.3 Å². The Kier molecular flexibility index (Phi) is 6.59. The second-order valence-corrected chi connectivity index (χ2v) is 11.2. The molecule has 0 radical (unpaired) electrons. The zero-order valence-corrected chi connectivity index (χ0v) is 19.7. The quantitative estimate of drug-likeness (QED) is 0.561. The number of nitrogens with one attached hydrogen (secondary N) is 1. The van der Waals surface area contributed by atoms with Crippen molar-refractivity contribution in [1.29, 1.82) is 5.26 Å². The van der Waals surface area contributed by atoms with Crippen LogP contribution in [0.2, 0.25) is 0 Å². The first kappa shape index (κ1) is 26.0. The molecule has 0 bridgehead atoms. The molecule has 3 atom stereocenters. The normalized spacial score (nSPS) is 23.2. The van der Waals surface area contributed by atoms with Gasteiger partial charge in [-0.05, 0) is 55.5 Å². The van der Waals surface area contributed by atoms with E-state index in [2.05, 4.69) is 5.32 Å². The molecule has 1 amide bonds. The number of alkyl halides is 3. The molecule has 192 valence electrons. The Morgan fingerprint density at radius 3 is 2.39 bits per heavy atom. The summed E-state index contributed by atoms with van der Waals surface area (Å²) in [6, 6.07) is 6.64. The minimum absolute atomic E-state index is 0.220. The highest BCUT2D eigenvalue weighted by atomic mass is 32.2. The lowest BCUT2D eigenvalue weighted by atomic mass is 10.0. The number of carbonyl (C=O) groups excluding carboxylic acids is 1. The van der Waals surface area contributed by atoms with Gasteiger partial charge in [-0.3, -0.25) is 4.79 Å². The van der Waals surface area contributed by atoms with Crippen molar-refractivity contribution in [2.24, 2.45) is 5.92 Å². The number of halogens is 5. The molecule has 2 fully saturated rings. The van der Waals surface area contributed by atoms with Crippen LogP contribution in [-0.2, 0) is 25.5 Å². The fourth-order valence-corrected chi connectivity index (χ4v) is 6.53. The second-order valence-electron chi connectivity index (χ2n) is 9.04.